The van der Waals surface area contributed by atoms with Gasteiger partial charge in [0.05, 0.1) is 0 Å². The van der Waals surface area contributed by atoms with Gasteiger partial charge < -0.3 is 4.90 Å². The van der Waals surface area contributed by atoms with E-state index in [2.05, 4.69) is 18.7 Å². The third-order valence-corrected chi connectivity index (χ3v) is 4.08. The number of nitrogens with zero attached hydrogens (tertiary/aromatic N) is 1. The molecule has 2 nitrogen and oxygen atoms in total. The molecule has 1 unspecified atom stereocenters. The van der Waals surface area contributed by atoms with E-state index in [1.807, 2.05) is 0 Å². The van der Waals surface area contributed by atoms with Crippen LogP contribution in [0.25, 0.3) is 0 Å². The van der Waals surface area contributed by atoms with Gasteiger partial charge in [0.2, 0.25) is 5.91 Å². The summed E-state index contributed by atoms with van der Waals surface area (Å²) >= 11 is 0. The van der Waals surface area contributed by atoms with Crippen LogP contribution < -0.4 is 0 Å². The van der Waals surface area contributed by atoms with Gasteiger partial charge in [0.15, 0.2) is 0 Å². The zero-order valence-corrected chi connectivity index (χ0v) is 12.4. The minimum absolute atomic E-state index is 0.319. The van der Waals surface area contributed by atoms with E-state index < -0.39 is 0 Å². The number of hydrogen-bond acceptors (Lipinski definition) is 1. The molecule has 0 aromatic carbocycles. The van der Waals surface area contributed by atoms with Crippen LogP contribution >= 0.6 is 0 Å². The average molecular weight is 253 g/mol. The van der Waals surface area contributed by atoms with E-state index in [0.29, 0.717) is 11.8 Å². The summed E-state index contributed by atoms with van der Waals surface area (Å²) < 4.78 is 0. The molecule has 0 aromatic rings. The second-order valence-corrected chi connectivity index (χ2v) is 5.72. The molecule has 0 radical (unpaired) electrons. The zero-order valence-electron chi connectivity index (χ0n) is 12.4. The Bertz CT molecular complexity index is 221. The lowest BCUT2D eigenvalue weighted by molar-refractivity contribution is -0.135. The quantitative estimate of drug-likeness (QED) is 0.558. The highest BCUT2D eigenvalue weighted by Gasteiger charge is 2.25. The van der Waals surface area contributed by atoms with Crippen molar-refractivity contribution in [3.05, 3.63) is 0 Å². The predicted molar refractivity (Wildman–Crippen MR) is 77.6 cm³/mol. The topological polar surface area (TPSA) is 20.3 Å². The first kappa shape index (κ1) is 15.5. The maximum atomic E-state index is 12.4. The van der Waals surface area contributed by atoms with E-state index in [1.165, 1.54) is 51.4 Å². The summed E-state index contributed by atoms with van der Waals surface area (Å²) in [6.07, 6.45) is 12.2. The first-order valence-corrected chi connectivity index (χ1v) is 8.08. The molecule has 18 heavy (non-hydrogen) atoms. The van der Waals surface area contributed by atoms with Crippen molar-refractivity contribution in [1.82, 2.24) is 4.90 Å². The van der Waals surface area contributed by atoms with Gasteiger partial charge in [0.1, 0.15) is 0 Å². The largest absolute Gasteiger partial charge is 0.342 e. The molecule has 1 rings (SSSR count). The van der Waals surface area contributed by atoms with E-state index in [1.54, 1.807) is 0 Å². The van der Waals surface area contributed by atoms with Crippen molar-refractivity contribution in [2.45, 2.75) is 78.1 Å². The molecule has 2 heteroatoms. The van der Waals surface area contributed by atoms with Gasteiger partial charge in [0.25, 0.3) is 0 Å². The summed E-state index contributed by atoms with van der Waals surface area (Å²) in [6, 6.07) is 0. The van der Waals surface area contributed by atoms with Gasteiger partial charge in [-0.1, -0.05) is 52.4 Å². The fourth-order valence-electron chi connectivity index (χ4n) is 2.86. The molecule has 106 valence electrons. The van der Waals surface area contributed by atoms with Crippen LogP contribution in [0.2, 0.25) is 0 Å². The van der Waals surface area contributed by atoms with Crippen LogP contribution in [0, 0.1) is 5.92 Å². The molecule has 0 N–H and O–H groups in total. The summed E-state index contributed by atoms with van der Waals surface area (Å²) in [6.45, 7) is 6.48. The summed E-state index contributed by atoms with van der Waals surface area (Å²) in [5.74, 6) is 0.775. The second-order valence-electron chi connectivity index (χ2n) is 5.72. The number of likely N-dealkylation sites (tertiary alicyclic amines) is 1. The van der Waals surface area contributed by atoms with Crippen molar-refractivity contribution in [2.24, 2.45) is 5.92 Å². The van der Waals surface area contributed by atoms with E-state index >= 15 is 0 Å². The Morgan fingerprint density at radius 1 is 0.944 bits per heavy atom. The molecule has 0 aromatic heterocycles. The molecule has 0 spiro atoms. The molecule has 0 aliphatic carbocycles. The van der Waals surface area contributed by atoms with Crippen LogP contribution in [0.1, 0.15) is 78.1 Å². The Labute approximate surface area is 113 Å². The third kappa shape index (κ3) is 5.41. The van der Waals surface area contributed by atoms with Gasteiger partial charge in [0, 0.05) is 19.0 Å². The molecule has 0 saturated carbocycles. The summed E-state index contributed by atoms with van der Waals surface area (Å²) in [7, 11) is 0. The minimum atomic E-state index is 0.319. The average Bonchev–Trinajstić information content (AvgIpc) is 2.91. The maximum absolute atomic E-state index is 12.4. The second kappa shape index (κ2) is 9.41. The Kier molecular flexibility index (Phi) is 8.11. The van der Waals surface area contributed by atoms with E-state index in [-0.39, 0.29) is 0 Å². The SMILES string of the molecule is CCCCCCC(CCCC)C(=O)N1CCCC1. The Morgan fingerprint density at radius 3 is 2.17 bits per heavy atom. The summed E-state index contributed by atoms with van der Waals surface area (Å²) in [5.41, 5.74) is 0. The number of rotatable bonds is 9. The third-order valence-electron chi connectivity index (χ3n) is 4.08. The number of carbonyl (C=O) groups is 1. The van der Waals surface area contributed by atoms with E-state index in [9.17, 15) is 4.79 Å². The highest BCUT2D eigenvalue weighted by atomic mass is 16.2. The van der Waals surface area contributed by atoms with Crippen LogP contribution in [0.3, 0.4) is 0 Å². The smallest absolute Gasteiger partial charge is 0.225 e. The molecular formula is C16H31NO. The van der Waals surface area contributed by atoms with Crippen LogP contribution in [0.15, 0.2) is 0 Å². The Balaban J connectivity index is 2.35. The van der Waals surface area contributed by atoms with E-state index in [0.717, 1.165) is 25.9 Å². The van der Waals surface area contributed by atoms with E-state index in [4.69, 9.17) is 0 Å². The van der Waals surface area contributed by atoms with Gasteiger partial charge in [-0.15, -0.1) is 0 Å². The van der Waals surface area contributed by atoms with Crippen LogP contribution in [-0.2, 0) is 4.79 Å². The fraction of sp³-hybridized carbons (Fsp3) is 0.938. The van der Waals surface area contributed by atoms with Crippen molar-refractivity contribution in [3.63, 3.8) is 0 Å². The first-order valence-electron chi connectivity index (χ1n) is 8.08. The summed E-state index contributed by atoms with van der Waals surface area (Å²) in [4.78, 5) is 14.6. The lowest BCUT2D eigenvalue weighted by atomic mass is 9.94. The molecule has 1 amide bonds. The number of carbonyl (C=O) groups excluding carboxylic acids is 1. The number of hydrogen-bond donors (Lipinski definition) is 0. The molecular weight excluding hydrogens is 222 g/mol. The predicted octanol–water partition coefficient (Wildman–Crippen LogP) is 4.39. The number of unbranched alkanes of at least 4 members (excludes halogenated alkanes) is 4. The highest BCUT2D eigenvalue weighted by molar-refractivity contribution is 5.79. The molecule has 1 heterocycles. The summed E-state index contributed by atoms with van der Waals surface area (Å²) in [5, 5.41) is 0. The van der Waals surface area contributed by atoms with Crippen LogP contribution in [0.4, 0.5) is 0 Å². The van der Waals surface area contributed by atoms with Crippen molar-refractivity contribution in [1.29, 1.82) is 0 Å². The lowest BCUT2D eigenvalue weighted by Gasteiger charge is -2.23. The standard InChI is InChI=1S/C16H31NO/c1-3-5-7-8-12-15(11-6-4-2)16(18)17-13-9-10-14-17/h15H,3-14H2,1-2H3. The first-order chi connectivity index (χ1) is 8.79. The Hall–Kier alpha value is -0.530. The lowest BCUT2D eigenvalue weighted by Crippen LogP contribution is -2.33. The van der Waals surface area contributed by atoms with Crippen LogP contribution in [0.5, 0.6) is 0 Å². The maximum Gasteiger partial charge on any atom is 0.225 e. The molecule has 1 saturated heterocycles. The normalized spacial score (nSPS) is 17.1. The zero-order chi connectivity index (χ0) is 13.2. The van der Waals surface area contributed by atoms with Gasteiger partial charge in [-0.2, -0.15) is 0 Å². The van der Waals surface area contributed by atoms with Crippen LogP contribution in [-0.4, -0.2) is 23.9 Å². The highest BCUT2D eigenvalue weighted by Crippen LogP contribution is 2.22. The van der Waals surface area contributed by atoms with Gasteiger partial charge in [-0.25, -0.2) is 0 Å². The Morgan fingerprint density at radius 2 is 1.56 bits per heavy atom. The minimum Gasteiger partial charge on any atom is -0.342 e. The molecule has 1 aliphatic rings. The van der Waals surface area contributed by atoms with Crippen molar-refractivity contribution in [3.8, 4) is 0 Å². The van der Waals surface area contributed by atoms with Gasteiger partial charge >= 0.3 is 0 Å². The van der Waals surface area contributed by atoms with Crippen molar-refractivity contribution in [2.75, 3.05) is 13.1 Å². The van der Waals surface area contributed by atoms with Gasteiger partial charge in [-0.05, 0) is 25.7 Å². The molecule has 1 atom stereocenters. The molecule has 1 fully saturated rings. The number of amides is 1. The van der Waals surface area contributed by atoms with Crippen molar-refractivity contribution >= 4 is 5.91 Å². The molecule has 0 bridgehead atoms. The monoisotopic (exact) mass is 253 g/mol. The van der Waals surface area contributed by atoms with Crippen molar-refractivity contribution < 1.29 is 4.79 Å². The van der Waals surface area contributed by atoms with Gasteiger partial charge in [-0.3, -0.25) is 4.79 Å². The fourth-order valence-corrected chi connectivity index (χ4v) is 2.86. The molecule has 1 aliphatic heterocycles.